The Hall–Kier alpha value is -1.63. The number of pyridine rings is 1. The summed E-state index contributed by atoms with van der Waals surface area (Å²) >= 11 is 6.92. The minimum Gasteiger partial charge on any atom is -0.389 e. The molecule has 0 spiro atoms. The van der Waals surface area contributed by atoms with Crippen LogP contribution in [0.15, 0.2) is 46.5 Å². The van der Waals surface area contributed by atoms with E-state index in [9.17, 15) is 15.2 Å². The Morgan fingerprint density at radius 2 is 2.15 bits per heavy atom. The zero-order valence-corrected chi connectivity index (χ0v) is 12.1. The van der Waals surface area contributed by atoms with Crippen LogP contribution < -0.4 is 0 Å². The summed E-state index contributed by atoms with van der Waals surface area (Å²) in [4.78, 5) is 15.2. The normalized spacial score (nSPS) is 12.2. The van der Waals surface area contributed by atoms with Crippen LogP contribution in [-0.4, -0.2) is 15.0 Å². The standard InChI is InChI=1S/C13H11ClN2O3S/c1-8(17)9-2-4-12(11(6-9)16(18)19)20-13-5-3-10(14)7-15-13/h2-8,17H,1H3. The van der Waals surface area contributed by atoms with Gasteiger partial charge in [-0.15, -0.1) is 0 Å². The van der Waals surface area contributed by atoms with Crippen LogP contribution in [0.1, 0.15) is 18.6 Å². The van der Waals surface area contributed by atoms with E-state index in [1.165, 1.54) is 24.0 Å². The molecular formula is C13H11ClN2O3S. The van der Waals surface area contributed by atoms with E-state index in [1.54, 1.807) is 31.2 Å². The number of halogens is 1. The van der Waals surface area contributed by atoms with Crippen molar-refractivity contribution in [2.75, 3.05) is 0 Å². The monoisotopic (exact) mass is 310 g/mol. The molecule has 0 saturated heterocycles. The minimum absolute atomic E-state index is 0.0508. The third-order valence-corrected chi connectivity index (χ3v) is 3.82. The van der Waals surface area contributed by atoms with Crippen molar-refractivity contribution in [1.29, 1.82) is 0 Å². The van der Waals surface area contributed by atoms with Crippen molar-refractivity contribution in [1.82, 2.24) is 4.98 Å². The average Bonchev–Trinajstić information content (AvgIpc) is 2.41. The van der Waals surface area contributed by atoms with Crippen molar-refractivity contribution in [3.63, 3.8) is 0 Å². The summed E-state index contributed by atoms with van der Waals surface area (Å²) in [7, 11) is 0. The summed E-state index contributed by atoms with van der Waals surface area (Å²) in [6.07, 6.45) is 0.737. The topological polar surface area (TPSA) is 76.3 Å². The molecule has 0 aliphatic heterocycles. The lowest BCUT2D eigenvalue weighted by Crippen LogP contribution is -1.96. The summed E-state index contributed by atoms with van der Waals surface area (Å²) in [5.41, 5.74) is 0.454. The second-order valence-corrected chi connectivity index (χ2v) is 5.58. The van der Waals surface area contributed by atoms with Crippen molar-refractivity contribution in [3.05, 3.63) is 57.2 Å². The number of nitro groups is 1. The molecule has 1 unspecified atom stereocenters. The molecule has 7 heteroatoms. The number of hydrogen-bond acceptors (Lipinski definition) is 5. The number of aliphatic hydroxyl groups is 1. The lowest BCUT2D eigenvalue weighted by atomic mass is 10.1. The second kappa shape index (κ2) is 6.21. The molecule has 0 saturated carbocycles. The fourth-order valence-corrected chi connectivity index (χ4v) is 2.51. The molecule has 1 heterocycles. The number of aromatic nitrogens is 1. The number of benzene rings is 1. The van der Waals surface area contributed by atoms with Crippen LogP contribution in [0.25, 0.3) is 0 Å². The van der Waals surface area contributed by atoms with Gasteiger partial charge in [0.05, 0.1) is 20.9 Å². The highest BCUT2D eigenvalue weighted by atomic mass is 35.5. The first-order valence-corrected chi connectivity index (χ1v) is 6.92. The van der Waals surface area contributed by atoms with Gasteiger partial charge in [0.25, 0.3) is 5.69 Å². The Morgan fingerprint density at radius 3 is 2.70 bits per heavy atom. The molecule has 104 valence electrons. The quantitative estimate of drug-likeness (QED) is 0.685. The number of hydrogen-bond donors (Lipinski definition) is 1. The van der Waals surface area contributed by atoms with Crippen molar-refractivity contribution >= 4 is 29.1 Å². The maximum atomic E-state index is 11.1. The fraction of sp³-hybridized carbons (Fsp3) is 0.154. The van der Waals surface area contributed by atoms with Gasteiger partial charge in [-0.3, -0.25) is 10.1 Å². The summed E-state index contributed by atoms with van der Waals surface area (Å²) in [5.74, 6) is 0. The minimum atomic E-state index is -0.749. The Morgan fingerprint density at radius 1 is 1.40 bits per heavy atom. The van der Waals surface area contributed by atoms with Gasteiger partial charge >= 0.3 is 0 Å². The SMILES string of the molecule is CC(O)c1ccc(Sc2ccc(Cl)cn2)c([N+](=O)[O-])c1. The first kappa shape index (κ1) is 14.8. The molecule has 1 atom stereocenters. The van der Waals surface area contributed by atoms with E-state index in [-0.39, 0.29) is 5.69 Å². The van der Waals surface area contributed by atoms with Crippen molar-refractivity contribution in [2.24, 2.45) is 0 Å². The van der Waals surface area contributed by atoms with E-state index < -0.39 is 11.0 Å². The Bertz CT molecular complexity index is 632. The number of rotatable bonds is 4. The van der Waals surface area contributed by atoms with E-state index in [0.717, 1.165) is 0 Å². The molecule has 1 N–H and O–H groups in total. The van der Waals surface area contributed by atoms with Gasteiger partial charge in [-0.25, -0.2) is 4.98 Å². The van der Waals surface area contributed by atoms with E-state index >= 15 is 0 Å². The summed E-state index contributed by atoms with van der Waals surface area (Å²) in [6, 6.07) is 8.02. The maximum absolute atomic E-state index is 11.1. The largest absolute Gasteiger partial charge is 0.389 e. The molecular weight excluding hydrogens is 300 g/mol. The van der Waals surface area contributed by atoms with Crippen LogP contribution >= 0.6 is 23.4 Å². The van der Waals surface area contributed by atoms with Crippen molar-refractivity contribution < 1.29 is 10.0 Å². The van der Waals surface area contributed by atoms with E-state index in [0.29, 0.717) is 20.5 Å². The highest BCUT2D eigenvalue weighted by molar-refractivity contribution is 7.99. The predicted molar refractivity (Wildman–Crippen MR) is 77.1 cm³/mol. The Balaban J connectivity index is 2.35. The van der Waals surface area contributed by atoms with Gasteiger partial charge in [-0.2, -0.15) is 0 Å². The smallest absolute Gasteiger partial charge is 0.283 e. The highest BCUT2D eigenvalue weighted by Gasteiger charge is 2.17. The molecule has 2 rings (SSSR count). The van der Waals surface area contributed by atoms with Gasteiger partial charge in [0.15, 0.2) is 0 Å². The average molecular weight is 311 g/mol. The van der Waals surface area contributed by atoms with Crippen molar-refractivity contribution in [3.8, 4) is 0 Å². The Labute approximate surface area is 124 Å². The molecule has 1 aromatic heterocycles. The number of aliphatic hydroxyl groups excluding tert-OH is 1. The predicted octanol–water partition coefficient (Wildman–Crippen LogP) is 3.85. The highest BCUT2D eigenvalue weighted by Crippen LogP contribution is 2.35. The molecule has 0 bridgehead atoms. The van der Waals surface area contributed by atoms with E-state index in [4.69, 9.17) is 11.6 Å². The van der Waals surface area contributed by atoms with Crippen LogP contribution in [0.2, 0.25) is 5.02 Å². The van der Waals surface area contributed by atoms with Crippen LogP contribution in [-0.2, 0) is 0 Å². The fourth-order valence-electron chi connectivity index (χ4n) is 1.56. The summed E-state index contributed by atoms with van der Waals surface area (Å²) in [6.45, 7) is 1.56. The third kappa shape index (κ3) is 3.47. The van der Waals surface area contributed by atoms with E-state index in [1.807, 2.05) is 0 Å². The summed E-state index contributed by atoms with van der Waals surface area (Å²) < 4.78 is 0. The lowest BCUT2D eigenvalue weighted by Gasteiger charge is -2.07. The molecule has 0 radical (unpaired) electrons. The molecule has 1 aromatic carbocycles. The molecule has 5 nitrogen and oxygen atoms in total. The molecule has 20 heavy (non-hydrogen) atoms. The van der Waals surface area contributed by atoms with Crippen LogP contribution in [0.5, 0.6) is 0 Å². The zero-order chi connectivity index (χ0) is 14.7. The van der Waals surface area contributed by atoms with Gasteiger partial charge in [-0.1, -0.05) is 29.4 Å². The zero-order valence-electron chi connectivity index (χ0n) is 10.5. The van der Waals surface area contributed by atoms with Gasteiger partial charge in [0.2, 0.25) is 0 Å². The summed E-state index contributed by atoms with van der Waals surface area (Å²) in [5, 5.41) is 21.7. The Kier molecular flexibility index (Phi) is 4.59. The first-order chi connectivity index (χ1) is 9.47. The van der Waals surface area contributed by atoms with Crippen LogP contribution in [0.3, 0.4) is 0 Å². The van der Waals surface area contributed by atoms with E-state index in [2.05, 4.69) is 4.98 Å². The maximum Gasteiger partial charge on any atom is 0.283 e. The third-order valence-electron chi connectivity index (χ3n) is 2.58. The van der Waals surface area contributed by atoms with Crippen molar-refractivity contribution in [2.45, 2.75) is 22.9 Å². The van der Waals surface area contributed by atoms with Crippen LogP contribution in [0, 0.1) is 10.1 Å². The number of nitro benzene ring substituents is 1. The number of nitrogens with zero attached hydrogens (tertiary/aromatic N) is 2. The first-order valence-electron chi connectivity index (χ1n) is 5.73. The molecule has 2 aromatic rings. The van der Waals surface area contributed by atoms with Gasteiger partial charge in [-0.05, 0) is 30.7 Å². The van der Waals surface area contributed by atoms with Gasteiger partial charge in [0.1, 0.15) is 5.03 Å². The van der Waals surface area contributed by atoms with Gasteiger partial charge in [0, 0.05) is 12.3 Å². The molecule has 0 amide bonds. The van der Waals surface area contributed by atoms with Crippen LogP contribution in [0.4, 0.5) is 5.69 Å². The van der Waals surface area contributed by atoms with Gasteiger partial charge < -0.3 is 5.11 Å². The second-order valence-electron chi connectivity index (χ2n) is 4.08. The molecule has 0 aliphatic carbocycles. The molecule has 0 fully saturated rings. The lowest BCUT2D eigenvalue weighted by molar-refractivity contribution is -0.387. The molecule has 0 aliphatic rings.